The molecular weight excluding hydrogens is 302 g/mol. The van der Waals surface area contributed by atoms with Crippen molar-refractivity contribution in [2.75, 3.05) is 0 Å². The lowest BCUT2D eigenvalue weighted by molar-refractivity contribution is -0.617. The normalized spacial score (nSPS) is 12.6. The van der Waals surface area contributed by atoms with Gasteiger partial charge in [-0.2, -0.15) is 4.57 Å². The summed E-state index contributed by atoms with van der Waals surface area (Å²) in [4.78, 5) is 2.44. The van der Waals surface area contributed by atoms with Gasteiger partial charge in [0.25, 0.3) is 0 Å². The minimum absolute atomic E-state index is 0.0648. The van der Waals surface area contributed by atoms with Gasteiger partial charge in [-0.1, -0.05) is 48.2 Å². The van der Waals surface area contributed by atoms with Gasteiger partial charge in [0.1, 0.15) is 7.05 Å². The van der Waals surface area contributed by atoms with Crippen molar-refractivity contribution >= 4 is 33.6 Å². The first kappa shape index (κ1) is 13.0. The monoisotopic (exact) mass is 315 g/mol. The summed E-state index contributed by atoms with van der Waals surface area (Å²) in [6.45, 7) is 0. The van der Waals surface area contributed by atoms with Gasteiger partial charge < -0.3 is 5.11 Å². The minimum atomic E-state index is 0.0648. The number of rotatable bonds is 0. The maximum atomic E-state index is 11.8. The molecule has 5 rings (SSSR count). The van der Waals surface area contributed by atoms with Crippen LogP contribution in [0.5, 0.6) is 5.75 Å². The van der Waals surface area contributed by atoms with Gasteiger partial charge in [-0.15, -0.1) is 5.75 Å². The van der Waals surface area contributed by atoms with Crippen molar-refractivity contribution in [2.24, 2.45) is 7.05 Å². The van der Waals surface area contributed by atoms with Gasteiger partial charge in [-0.25, -0.2) is 0 Å². The van der Waals surface area contributed by atoms with Gasteiger partial charge in [-0.05, 0) is 23.3 Å². The highest BCUT2D eigenvalue weighted by molar-refractivity contribution is 8.00. The first-order valence-electron chi connectivity index (χ1n) is 7.57. The molecule has 0 fully saturated rings. The fourth-order valence-corrected chi connectivity index (χ4v) is 4.76. The van der Waals surface area contributed by atoms with Crippen molar-refractivity contribution in [2.45, 2.75) is 9.79 Å². The Kier molecular flexibility index (Phi) is 2.53. The van der Waals surface area contributed by atoms with Crippen LogP contribution < -0.4 is 9.67 Å². The Balaban J connectivity index is 2.05. The number of nitrogens with zero attached hydrogens (tertiary/aromatic N) is 1. The van der Waals surface area contributed by atoms with Crippen LogP contribution in [0.2, 0.25) is 0 Å². The maximum Gasteiger partial charge on any atom is 0.214 e. The number of aryl methyl sites for hydroxylation is 1. The molecule has 0 bridgehead atoms. The zero-order chi connectivity index (χ0) is 15.6. The van der Waals surface area contributed by atoms with Crippen LogP contribution in [0, 0.1) is 0 Å². The highest BCUT2D eigenvalue weighted by Gasteiger charge is 2.26. The summed E-state index contributed by atoms with van der Waals surface area (Å²) in [6.07, 6.45) is 0. The Hall–Kier alpha value is -2.52. The zero-order valence-corrected chi connectivity index (χ0v) is 13.4. The van der Waals surface area contributed by atoms with E-state index in [0.29, 0.717) is 0 Å². The summed E-state index contributed by atoms with van der Waals surface area (Å²) < 4.78 is 2.24. The number of para-hydroxylation sites is 1. The molecule has 0 radical (unpaired) electrons. The number of fused-ring (bicyclic) bond motifs is 4. The van der Waals surface area contributed by atoms with Crippen LogP contribution >= 0.6 is 11.8 Å². The van der Waals surface area contributed by atoms with E-state index in [4.69, 9.17) is 0 Å². The molecule has 0 atom stereocenters. The fourth-order valence-electron chi connectivity index (χ4n) is 3.53. The zero-order valence-electron chi connectivity index (χ0n) is 12.5. The predicted molar refractivity (Wildman–Crippen MR) is 91.6 cm³/mol. The molecule has 1 aliphatic heterocycles. The molecule has 3 aromatic carbocycles. The van der Waals surface area contributed by atoms with Crippen LogP contribution in [0.4, 0.5) is 0 Å². The number of aromatic nitrogens is 1. The van der Waals surface area contributed by atoms with E-state index in [1.54, 1.807) is 23.9 Å². The molecule has 0 saturated carbocycles. The van der Waals surface area contributed by atoms with Gasteiger partial charge in [0.15, 0.2) is 0 Å². The van der Waals surface area contributed by atoms with Crippen molar-refractivity contribution in [1.29, 1.82) is 0 Å². The molecule has 0 saturated heterocycles. The topological polar surface area (TPSA) is 26.9 Å². The summed E-state index contributed by atoms with van der Waals surface area (Å²) in [6, 6.07) is 20.2. The van der Waals surface area contributed by atoms with Crippen molar-refractivity contribution in [3.05, 3.63) is 60.7 Å². The van der Waals surface area contributed by atoms with E-state index < -0.39 is 0 Å². The van der Waals surface area contributed by atoms with Gasteiger partial charge in [0.05, 0.1) is 10.8 Å². The Labute approximate surface area is 138 Å². The predicted octanol–water partition coefficient (Wildman–Crippen LogP) is 4.02. The van der Waals surface area contributed by atoms with Gasteiger partial charge in [-0.3, -0.25) is 0 Å². The summed E-state index contributed by atoms with van der Waals surface area (Å²) in [5, 5.41) is 14.3. The standard InChI is InChI=1S/C20H13NOS/c1-21-16-7-3-2-5-14(16)20-19-13(6-4-8-17(19)21)15-11-12(22)9-10-18(15)23-20/h2-11H,1H3. The van der Waals surface area contributed by atoms with Crippen LogP contribution in [0.1, 0.15) is 0 Å². The van der Waals surface area contributed by atoms with Gasteiger partial charge in [0.2, 0.25) is 11.0 Å². The van der Waals surface area contributed by atoms with E-state index in [1.807, 2.05) is 6.07 Å². The smallest absolute Gasteiger partial charge is 0.214 e. The first-order valence-corrected chi connectivity index (χ1v) is 8.38. The van der Waals surface area contributed by atoms with E-state index in [0.717, 1.165) is 16.0 Å². The largest absolute Gasteiger partial charge is 0.872 e. The molecule has 0 amide bonds. The third-order valence-corrected chi connectivity index (χ3v) is 5.80. The fraction of sp³-hybridized carbons (Fsp3) is 0.0500. The quantitative estimate of drug-likeness (QED) is 0.319. The van der Waals surface area contributed by atoms with Crippen molar-refractivity contribution in [1.82, 2.24) is 0 Å². The van der Waals surface area contributed by atoms with E-state index in [2.05, 4.69) is 54.1 Å². The number of benzene rings is 3. The van der Waals surface area contributed by atoms with Crippen LogP contribution in [0.25, 0.3) is 32.9 Å². The average molecular weight is 315 g/mol. The molecule has 4 aromatic rings. The molecule has 2 nitrogen and oxygen atoms in total. The number of pyridine rings is 1. The highest BCUT2D eigenvalue weighted by atomic mass is 32.2. The molecule has 0 unspecified atom stereocenters. The Morgan fingerprint density at radius 3 is 2.61 bits per heavy atom. The minimum Gasteiger partial charge on any atom is -0.872 e. The van der Waals surface area contributed by atoms with E-state index in [9.17, 15) is 5.11 Å². The van der Waals surface area contributed by atoms with Crippen LogP contribution in [-0.2, 0) is 7.05 Å². The summed E-state index contributed by atoms with van der Waals surface area (Å²) in [5.74, 6) is 0.0648. The highest BCUT2D eigenvalue weighted by Crippen LogP contribution is 2.49. The average Bonchev–Trinajstić information content (AvgIpc) is 2.59. The Morgan fingerprint density at radius 2 is 1.70 bits per heavy atom. The lowest BCUT2D eigenvalue weighted by atomic mass is 9.98. The lowest BCUT2D eigenvalue weighted by Gasteiger charge is -2.22. The Bertz CT molecular complexity index is 1120. The van der Waals surface area contributed by atoms with Crippen LogP contribution in [0.15, 0.2) is 70.5 Å². The third kappa shape index (κ3) is 1.68. The van der Waals surface area contributed by atoms with Crippen molar-refractivity contribution < 1.29 is 9.67 Å². The van der Waals surface area contributed by atoms with Crippen LogP contribution in [0.3, 0.4) is 0 Å². The Morgan fingerprint density at radius 1 is 0.870 bits per heavy atom. The molecule has 2 heterocycles. The second-order valence-electron chi connectivity index (χ2n) is 5.87. The van der Waals surface area contributed by atoms with Crippen LogP contribution in [-0.4, -0.2) is 0 Å². The molecular formula is C20H13NOS. The summed E-state index contributed by atoms with van der Waals surface area (Å²) in [5.41, 5.74) is 4.63. The lowest BCUT2D eigenvalue weighted by Crippen LogP contribution is -2.30. The molecule has 23 heavy (non-hydrogen) atoms. The molecule has 0 N–H and O–H groups in total. The number of hydrogen-bond acceptors (Lipinski definition) is 2. The van der Waals surface area contributed by atoms with E-state index >= 15 is 0 Å². The second kappa shape index (κ2) is 4.49. The van der Waals surface area contributed by atoms with E-state index in [-0.39, 0.29) is 5.75 Å². The first-order chi connectivity index (χ1) is 11.2. The van der Waals surface area contributed by atoms with Crippen molar-refractivity contribution in [3.63, 3.8) is 0 Å². The molecule has 3 heteroatoms. The molecule has 0 spiro atoms. The van der Waals surface area contributed by atoms with Gasteiger partial charge in [0, 0.05) is 21.9 Å². The third-order valence-electron chi connectivity index (χ3n) is 4.59. The molecule has 0 aliphatic carbocycles. The van der Waals surface area contributed by atoms with E-state index in [1.165, 1.54) is 26.7 Å². The second-order valence-corrected chi connectivity index (χ2v) is 6.92. The summed E-state index contributed by atoms with van der Waals surface area (Å²) >= 11 is 1.77. The molecule has 1 aliphatic rings. The summed E-state index contributed by atoms with van der Waals surface area (Å²) in [7, 11) is 2.11. The number of hydrogen-bond donors (Lipinski definition) is 0. The molecule has 110 valence electrons. The SMILES string of the molecule is C[n+]1c2ccccc2c2c3c(cccc31)-c1cc([O-])ccc1S2. The van der Waals surface area contributed by atoms with Crippen molar-refractivity contribution in [3.8, 4) is 16.9 Å². The molecule has 1 aromatic heterocycles. The van der Waals surface area contributed by atoms with Gasteiger partial charge >= 0.3 is 0 Å². The maximum absolute atomic E-state index is 11.8.